The van der Waals surface area contributed by atoms with Gasteiger partial charge in [0.15, 0.2) is 11.4 Å². The summed E-state index contributed by atoms with van der Waals surface area (Å²) in [6.45, 7) is 7.97. The molecule has 0 spiro atoms. The van der Waals surface area contributed by atoms with E-state index in [1.54, 1.807) is 4.57 Å². The van der Waals surface area contributed by atoms with Crippen LogP contribution >= 0.6 is 22.9 Å². The Hall–Kier alpha value is -2.78. The summed E-state index contributed by atoms with van der Waals surface area (Å²) in [6, 6.07) is 19.3. The number of aldehydes is 1. The highest BCUT2D eigenvalue weighted by Gasteiger charge is 2.27. The van der Waals surface area contributed by atoms with E-state index in [9.17, 15) is 13.2 Å². The lowest BCUT2D eigenvalue weighted by atomic mass is 10.1. The largest absolute Gasteiger partial charge is 0.316 e. The number of thiophene rings is 1. The fraction of sp³-hybridized carbons (Fsp3) is 0.286. The number of hydrogen-bond acceptors (Lipinski definition) is 5. The van der Waals surface area contributed by atoms with E-state index in [1.807, 2.05) is 81.4 Å². The van der Waals surface area contributed by atoms with Crippen LogP contribution in [0.15, 0.2) is 64.9 Å². The molecule has 2 aromatic carbocycles. The van der Waals surface area contributed by atoms with Gasteiger partial charge in [-0.3, -0.25) is 4.79 Å². The number of carbonyl (C=O) groups excluding carboxylic acids is 1. The van der Waals surface area contributed by atoms with E-state index < -0.39 is 15.6 Å². The summed E-state index contributed by atoms with van der Waals surface area (Å²) in [4.78, 5) is 17.3. The van der Waals surface area contributed by atoms with Gasteiger partial charge in [0.05, 0.1) is 0 Å². The number of hydrogen-bond donors (Lipinski definition) is 1. The van der Waals surface area contributed by atoms with Crippen LogP contribution in [0.4, 0.5) is 0 Å². The number of imidazole rings is 1. The molecule has 2 heterocycles. The van der Waals surface area contributed by atoms with Crippen molar-refractivity contribution in [2.24, 2.45) is 0 Å². The number of rotatable bonds is 9. The highest BCUT2D eigenvalue weighted by molar-refractivity contribution is 7.91. The van der Waals surface area contributed by atoms with Crippen molar-refractivity contribution in [3.05, 3.63) is 82.0 Å². The van der Waals surface area contributed by atoms with Crippen LogP contribution in [0.25, 0.3) is 22.5 Å². The molecule has 0 unspecified atom stereocenters. The Kier molecular flexibility index (Phi) is 8.04. The van der Waals surface area contributed by atoms with Crippen LogP contribution in [0.2, 0.25) is 5.15 Å². The standard InChI is InChI=1S/C28H30ClN3O3S2/c1-5-9-22-16-23(27(36-22)37(34,35)31-28(2,3)4)20-14-12-19(13-15-20)17-32-24(18-33)25(29)30-26(32)21-10-7-6-8-11-21/h6-8,10-16,18,31H,5,9,17H2,1-4H3. The van der Waals surface area contributed by atoms with Gasteiger partial charge in [-0.15, -0.1) is 11.3 Å². The van der Waals surface area contributed by atoms with Crippen LogP contribution in [-0.4, -0.2) is 29.8 Å². The number of nitrogens with one attached hydrogen (secondary N) is 1. The molecule has 0 amide bonds. The Labute approximate surface area is 227 Å². The maximum Gasteiger partial charge on any atom is 0.251 e. The van der Waals surface area contributed by atoms with Gasteiger partial charge in [0.2, 0.25) is 0 Å². The minimum absolute atomic E-state index is 0.161. The maximum atomic E-state index is 13.3. The Bertz CT molecular complexity index is 1500. The van der Waals surface area contributed by atoms with Crippen molar-refractivity contribution in [1.82, 2.24) is 14.3 Å². The molecule has 0 aliphatic rings. The van der Waals surface area contributed by atoms with E-state index >= 15 is 0 Å². The van der Waals surface area contributed by atoms with Gasteiger partial charge in [0, 0.05) is 28.1 Å². The molecule has 0 radical (unpaired) electrons. The second-order valence-corrected chi connectivity index (χ2v) is 13.3. The molecule has 2 aromatic heterocycles. The number of nitrogens with zero attached hydrogens (tertiary/aromatic N) is 2. The number of benzene rings is 2. The van der Waals surface area contributed by atoms with Crippen molar-refractivity contribution in [2.75, 3.05) is 0 Å². The van der Waals surface area contributed by atoms with Crippen LogP contribution in [0.5, 0.6) is 0 Å². The zero-order chi connectivity index (χ0) is 26.8. The van der Waals surface area contributed by atoms with Crippen LogP contribution in [0, 0.1) is 0 Å². The van der Waals surface area contributed by atoms with Crippen molar-refractivity contribution < 1.29 is 13.2 Å². The summed E-state index contributed by atoms with van der Waals surface area (Å²) < 4.78 is 31.4. The van der Waals surface area contributed by atoms with Gasteiger partial charge in [-0.05, 0) is 44.4 Å². The highest BCUT2D eigenvalue weighted by atomic mass is 35.5. The molecule has 0 aliphatic heterocycles. The second kappa shape index (κ2) is 10.9. The van der Waals surface area contributed by atoms with Crippen LogP contribution in [-0.2, 0) is 23.0 Å². The summed E-state index contributed by atoms with van der Waals surface area (Å²) in [5.74, 6) is 0.612. The third kappa shape index (κ3) is 6.21. The smallest absolute Gasteiger partial charge is 0.251 e. The first-order valence-corrected chi connectivity index (χ1v) is 14.7. The maximum absolute atomic E-state index is 13.3. The fourth-order valence-electron chi connectivity index (χ4n) is 4.13. The van der Waals surface area contributed by atoms with Crippen LogP contribution in [0.3, 0.4) is 0 Å². The quantitative estimate of drug-likeness (QED) is 0.230. The van der Waals surface area contributed by atoms with E-state index in [1.165, 1.54) is 11.3 Å². The second-order valence-electron chi connectivity index (χ2n) is 9.90. The lowest BCUT2D eigenvalue weighted by Gasteiger charge is -2.20. The fourth-order valence-corrected chi connectivity index (χ4v) is 7.62. The van der Waals surface area contributed by atoms with Gasteiger partial charge in [-0.2, -0.15) is 0 Å². The summed E-state index contributed by atoms with van der Waals surface area (Å²) in [5, 5.41) is 0.161. The molecule has 0 saturated carbocycles. The summed E-state index contributed by atoms with van der Waals surface area (Å²) in [6.07, 6.45) is 2.47. The SMILES string of the molecule is CCCc1cc(-c2ccc(Cn3c(-c4ccccc4)nc(Cl)c3C=O)cc2)c(S(=O)(=O)NC(C)(C)C)s1. The van der Waals surface area contributed by atoms with Crippen molar-refractivity contribution in [3.63, 3.8) is 0 Å². The molecule has 0 bridgehead atoms. The Morgan fingerprint density at radius 2 is 1.73 bits per heavy atom. The van der Waals surface area contributed by atoms with Gasteiger partial charge in [-0.25, -0.2) is 18.1 Å². The summed E-state index contributed by atoms with van der Waals surface area (Å²) >= 11 is 7.60. The minimum Gasteiger partial charge on any atom is -0.316 e. The van der Waals surface area contributed by atoms with Crippen molar-refractivity contribution in [2.45, 2.75) is 56.8 Å². The number of aryl methyl sites for hydroxylation is 1. The Balaban J connectivity index is 1.70. The average Bonchev–Trinajstić information content (AvgIpc) is 3.40. The van der Waals surface area contributed by atoms with Gasteiger partial charge in [0.25, 0.3) is 10.0 Å². The molecule has 1 N–H and O–H groups in total. The zero-order valence-corrected chi connectivity index (χ0v) is 23.7. The van der Waals surface area contributed by atoms with Gasteiger partial charge >= 0.3 is 0 Å². The first-order valence-electron chi connectivity index (χ1n) is 12.0. The number of carbonyl (C=O) groups is 1. The third-order valence-corrected chi connectivity index (χ3v) is 9.41. The van der Waals surface area contributed by atoms with E-state index in [0.717, 1.165) is 40.7 Å². The monoisotopic (exact) mass is 555 g/mol. The molecular weight excluding hydrogens is 526 g/mol. The molecule has 6 nitrogen and oxygen atoms in total. The first-order chi connectivity index (χ1) is 17.5. The van der Waals surface area contributed by atoms with Gasteiger partial charge in [0.1, 0.15) is 15.7 Å². The molecule has 9 heteroatoms. The molecule has 194 valence electrons. The number of aromatic nitrogens is 2. The number of halogens is 1. The average molecular weight is 556 g/mol. The van der Waals surface area contributed by atoms with E-state index in [4.69, 9.17) is 11.6 Å². The Morgan fingerprint density at radius 3 is 2.32 bits per heavy atom. The van der Waals surface area contributed by atoms with E-state index in [2.05, 4.69) is 16.6 Å². The molecule has 37 heavy (non-hydrogen) atoms. The molecule has 0 fully saturated rings. The summed E-state index contributed by atoms with van der Waals surface area (Å²) in [5.41, 5.74) is 3.03. The molecule has 0 saturated heterocycles. The van der Waals surface area contributed by atoms with Crippen molar-refractivity contribution >= 4 is 39.2 Å². The van der Waals surface area contributed by atoms with Crippen molar-refractivity contribution in [1.29, 1.82) is 0 Å². The Morgan fingerprint density at radius 1 is 1.05 bits per heavy atom. The van der Waals surface area contributed by atoms with Crippen LogP contribution < -0.4 is 4.72 Å². The zero-order valence-electron chi connectivity index (χ0n) is 21.3. The van der Waals surface area contributed by atoms with E-state index in [-0.39, 0.29) is 5.15 Å². The first kappa shape index (κ1) is 27.3. The van der Waals surface area contributed by atoms with Gasteiger partial charge < -0.3 is 4.57 Å². The van der Waals surface area contributed by atoms with E-state index in [0.29, 0.717) is 27.8 Å². The molecular formula is C28H30ClN3O3S2. The molecule has 0 atom stereocenters. The predicted molar refractivity (Wildman–Crippen MR) is 151 cm³/mol. The predicted octanol–water partition coefficient (Wildman–Crippen LogP) is 6.82. The normalized spacial score (nSPS) is 12.1. The third-order valence-electron chi connectivity index (χ3n) is 5.64. The topological polar surface area (TPSA) is 81.1 Å². The minimum atomic E-state index is -3.69. The molecule has 4 aromatic rings. The van der Waals surface area contributed by atoms with Crippen molar-refractivity contribution in [3.8, 4) is 22.5 Å². The number of sulfonamides is 1. The summed E-state index contributed by atoms with van der Waals surface area (Å²) in [7, 11) is -3.69. The lowest BCUT2D eigenvalue weighted by molar-refractivity contribution is 0.111. The highest BCUT2D eigenvalue weighted by Crippen LogP contribution is 2.37. The van der Waals surface area contributed by atoms with Crippen LogP contribution in [0.1, 0.15) is 55.0 Å². The lowest BCUT2D eigenvalue weighted by Crippen LogP contribution is -2.40. The van der Waals surface area contributed by atoms with Gasteiger partial charge in [-0.1, -0.05) is 79.5 Å². The molecule has 4 rings (SSSR count). The molecule has 0 aliphatic carbocycles.